The highest BCUT2D eigenvalue weighted by atomic mass is 19.4. The van der Waals surface area contributed by atoms with Crippen LogP contribution in [0.4, 0.5) is 18.9 Å². The topological polar surface area (TPSA) is 72.6 Å². The number of alkyl halides is 3. The van der Waals surface area contributed by atoms with Gasteiger partial charge in [-0.3, -0.25) is 4.79 Å². The molecule has 2 aliphatic heterocycles. The minimum atomic E-state index is -4.38. The molecule has 0 aliphatic carbocycles. The van der Waals surface area contributed by atoms with Crippen LogP contribution in [-0.2, 0) is 22.1 Å². The first-order valence-corrected chi connectivity index (χ1v) is 9.27. The van der Waals surface area contributed by atoms with Gasteiger partial charge < -0.3 is 15.4 Å². The van der Waals surface area contributed by atoms with Gasteiger partial charge in [-0.05, 0) is 36.2 Å². The molecule has 0 aromatic heterocycles. The Hall–Kier alpha value is -3.03. The van der Waals surface area contributed by atoms with Gasteiger partial charge >= 0.3 is 12.1 Å². The molecule has 2 aromatic rings. The molecule has 0 radical (unpaired) electrons. The van der Waals surface area contributed by atoms with E-state index in [1.54, 1.807) is 6.07 Å². The number of cyclic esters (lactones) is 1. The number of carbonyl (C=O) groups is 2. The van der Waals surface area contributed by atoms with E-state index in [0.29, 0.717) is 42.6 Å². The van der Waals surface area contributed by atoms with E-state index in [4.69, 9.17) is 10.5 Å². The molecule has 2 atom stereocenters. The number of esters is 1. The molecule has 29 heavy (non-hydrogen) atoms. The molecule has 2 aromatic carbocycles. The van der Waals surface area contributed by atoms with Crippen molar-refractivity contribution in [2.24, 2.45) is 11.7 Å². The lowest BCUT2D eigenvalue weighted by Gasteiger charge is -2.19. The van der Waals surface area contributed by atoms with Crippen LogP contribution < -0.4 is 10.6 Å². The molecule has 152 valence electrons. The Morgan fingerprint density at radius 3 is 2.52 bits per heavy atom. The molecule has 1 amide bonds. The van der Waals surface area contributed by atoms with E-state index < -0.39 is 23.8 Å². The van der Waals surface area contributed by atoms with Gasteiger partial charge in [0.25, 0.3) is 0 Å². The zero-order valence-corrected chi connectivity index (χ0v) is 15.4. The predicted molar refractivity (Wildman–Crippen MR) is 99.3 cm³/mol. The Bertz CT molecular complexity index is 957. The first-order valence-electron chi connectivity index (χ1n) is 9.27. The van der Waals surface area contributed by atoms with Gasteiger partial charge in [-0.15, -0.1) is 0 Å². The van der Waals surface area contributed by atoms with Gasteiger partial charge in [0.15, 0.2) is 0 Å². The first kappa shape index (κ1) is 19.3. The van der Waals surface area contributed by atoms with Gasteiger partial charge in [-0.25, -0.2) is 4.79 Å². The predicted octanol–water partition coefficient (Wildman–Crippen LogP) is 3.47. The lowest BCUT2D eigenvalue weighted by Crippen LogP contribution is -2.27. The Labute approximate surface area is 165 Å². The summed E-state index contributed by atoms with van der Waals surface area (Å²) in [4.78, 5) is 25.7. The molecule has 0 bridgehead atoms. The zero-order valence-electron chi connectivity index (χ0n) is 15.4. The Balaban J connectivity index is 1.51. The Morgan fingerprint density at radius 1 is 1.17 bits per heavy atom. The van der Waals surface area contributed by atoms with Crippen molar-refractivity contribution in [3.05, 3.63) is 64.7 Å². The Kier molecular flexibility index (Phi) is 4.72. The third kappa shape index (κ3) is 3.79. The first-order chi connectivity index (χ1) is 13.7. The second kappa shape index (κ2) is 7.09. The number of nitrogens with zero attached hydrogens (tertiary/aromatic N) is 1. The minimum absolute atomic E-state index is 0.206. The molecule has 0 saturated carbocycles. The number of carbonyl (C=O) groups excluding carboxylic acids is 2. The smallest absolute Gasteiger partial charge is 0.416 e. The number of fused-ring (bicyclic) bond motifs is 1. The van der Waals surface area contributed by atoms with Gasteiger partial charge in [0.05, 0.1) is 17.0 Å². The summed E-state index contributed by atoms with van der Waals surface area (Å²) in [6, 6.07) is 10.3. The number of benzene rings is 2. The van der Waals surface area contributed by atoms with Crippen LogP contribution in [0.1, 0.15) is 39.6 Å². The van der Waals surface area contributed by atoms with Crippen LogP contribution in [0.15, 0.2) is 42.5 Å². The summed E-state index contributed by atoms with van der Waals surface area (Å²) >= 11 is 0. The maximum atomic E-state index is 12.7. The maximum Gasteiger partial charge on any atom is 0.416 e. The van der Waals surface area contributed by atoms with E-state index in [9.17, 15) is 22.8 Å². The van der Waals surface area contributed by atoms with Crippen LogP contribution in [0.3, 0.4) is 0 Å². The number of hydrogen-bond donors (Lipinski definition) is 1. The minimum Gasteiger partial charge on any atom is -0.454 e. The summed E-state index contributed by atoms with van der Waals surface area (Å²) in [5.41, 5.74) is 7.29. The van der Waals surface area contributed by atoms with Gasteiger partial charge in [0.1, 0.15) is 6.10 Å². The number of rotatable bonds is 4. The molecule has 1 fully saturated rings. The SMILES string of the molecule is NC(=O)[C@@H]1CCN(c2ccc3c(c2)C(=O)OC3Cc2ccc(C(F)(F)F)cc2)C1. The number of anilines is 1. The van der Waals surface area contributed by atoms with E-state index in [2.05, 4.69) is 0 Å². The second-order valence-corrected chi connectivity index (χ2v) is 7.40. The van der Waals surface area contributed by atoms with Crippen LogP contribution >= 0.6 is 0 Å². The maximum absolute atomic E-state index is 12.7. The van der Waals surface area contributed by atoms with Crippen LogP contribution in [0.25, 0.3) is 0 Å². The molecule has 8 heteroatoms. The fourth-order valence-corrected chi connectivity index (χ4v) is 3.88. The third-order valence-electron chi connectivity index (χ3n) is 5.51. The summed E-state index contributed by atoms with van der Waals surface area (Å²) < 4.78 is 43.6. The summed E-state index contributed by atoms with van der Waals surface area (Å²) in [7, 11) is 0. The third-order valence-corrected chi connectivity index (χ3v) is 5.51. The Morgan fingerprint density at radius 2 is 1.90 bits per heavy atom. The molecule has 2 N–H and O–H groups in total. The number of ether oxygens (including phenoxy) is 1. The summed E-state index contributed by atoms with van der Waals surface area (Å²) in [5.74, 6) is -0.989. The van der Waals surface area contributed by atoms with E-state index in [0.717, 1.165) is 17.8 Å². The molecular weight excluding hydrogens is 385 g/mol. The zero-order chi connectivity index (χ0) is 20.8. The van der Waals surface area contributed by atoms with Crippen molar-refractivity contribution >= 4 is 17.6 Å². The van der Waals surface area contributed by atoms with Gasteiger partial charge in [0.2, 0.25) is 5.91 Å². The van der Waals surface area contributed by atoms with Crippen LogP contribution in [0, 0.1) is 5.92 Å². The molecule has 1 saturated heterocycles. The number of halogens is 3. The van der Waals surface area contributed by atoms with Crippen molar-refractivity contribution in [1.82, 2.24) is 0 Å². The number of amides is 1. The van der Waals surface area contributed by atoms with E-state index >= 15 is 0 Å². The van der Waals surface area contributed by atoms with Crippen LogP contribution in [-0.4, -0.2) is 25.0 Å². The molecular formula is C21H19F3N2O3. The van der Waals surface area contributed by atoms with Gasteiger partial charge in [0, 0.05) is 30.8 Å². The normalized spacial score (nSPS) is 21.2. The van der Waals surface area contributed by atoms with Crippen molar-refractivity contribution in [3.63, 3.8) is 0 Å². The summed E-state index contributed by atoms with van der Waals surface area (Å²) in [5, 5.41) is 0. The molecule has 4 rings (SSSR count). The van der Waals surface area contributed by atoms with Crippen molar-refractivity contribution in [3.8, 4) is 0 Å². The van der Waals surface area contributed by atoms with E-state index in [-0.39, 0.29) is 11.8 Å². The van der Waals surface area contributed by atoms with Crippen molar-refractivity contribution < 1.29 is 27.5 Å². The lowest BCUT2D eigenvalue weighted by molar-refractivity contribution is -0.137. The van der Waals surface area contributed by atoms with Crippen molar-refractivity contribution in [2.75, 3.05) is 18.0 Å². The number of hydrogen-bond acceptors (Lipinski definition) is 4. The van der Waals surface area contributed by atoms with Crippen LogP contribution in [0.5, 0.6) is 0 Å². The van der Waals surface area contributed by atoms with Crippen LogP contribution in [0.2, 0.25) is 0 Å². The lowest BCUT2D eigenvalue weighted by atomic mass is 9.98. The summed E-state index contributed by atoms with van der Waals surface area (Å²) in [6.45, 7) is 1.19. The van der Waals surface area contributed by atoms with E-state index in [1.165, 1.54) is 12.1 Å². The van der Waals surface area contributed by atoms with Crippen molar-refractivity contribution in [2.45, 2.75) is 25.1 Å². The molecule has 0 spiro atoms. The van der Waals surface area contributed by atoms with Gasteiger partial charge in [-0.2, -0.15) is 13.2 Å². The second-order valence-electron chi connectivity index (χ2n) is 7.40. The number of primary amides is 1. The standard InChI is InChI=1S/C21H19F3N2O3/c22-21(23,24)14-3-1-12(2-4-14)9-18-16-6-5-15(10-17(16)20(28)29-18)26-8-7-13(11-26)19(25)27/h1-6,10,13,18H,7-9,11H2,(H2,25,27)/t13-,18?/m1/s1. The fourth-order valence-electron chi connectivity index (χ4n) is 3.88. The monoisotopic (exact) mass is 404 g/mol. The highest BCUT2D eigenvalue weighted by Gasteiger charge is 2.34. The van der Waals surface area contributed by atoms with Gasteiger partial charge in [-0.1, -0.05) is 18.2 Å². The van der Waals surface area contributed by atoms with E-state index in [1.807, 2.05) is 17.0 Å². The molecule has 5 nitrogen and oxygen atoms in total. The largest absolute Gasteiger partial charge is 0.454 e. The molecule has 2 aliphatic rings. The summed E-state index contributed by atoms with van der Waals surface area (Å²) in [6.07, 6.45) is -3.96. The highest BCUT2D eigenvalue weighted by molar-refractivity contribution is 5.95. The number of nitrogens with two attached hydrogens (primary N) is 1. The highest BCUT2D eigenvalue weighted by Crippen LogP contribution is 2.37. The average Bonchev–Trinajstić information content (AvgIpc) is 3.27. The van der Waals surface area contributed by atoms with Crippen molar-refractivity contribution in [1.29, 1.82) is 0 Å². The fraction of sp³-hybridized carbons (Fsp3) is 0.333. The molecule has 2 heterocycles. The molecule has 1 unspecified atom stereocenters. The average molecular weight is 404 g/mol. The quantitative estimate of drug-likeness (QED) is 0.792.